The summed E-state index contributed by atoms with van der Waals surface area (Å²) < 4.78 is 38.7. The lowest BCUT2D eigenvalue weighted by molar-refractivity contribution is -0.132. The van der Waals surface area contributed by atoms with Crippen LogP contribution in [0.4, 0.5) is 5.69 Å². The van der Waals surface area contributed by atoms with Crippen molar-refractivity contribution in [3.8, 4) is 5.75 Å². The molecule has 11 nitrogen and oxygen atoms in total. The molecule has 0 aromatic heterocycles. The zero-order valence-corrected chi connectivity index (χ0v) is 26.6. The molecule has 0 aliphatic carbocycles. The molecular formula is C29H50N4O7S. The maximum atomic E-state index is 14.0. The second kappa shape index (κ2) is 16.3. The average molecular weight is 599 g/mol. The summed E-state index contributed by atoms with van der Waals surface area (Å²) in [6.45, 7) is 7.39. The van der Waals surface area contributed by atoms with Gasteiger partial charge in [-0.2, -0.15) is 0 Å². The molecule has 0 bridgehead atoms. The average Bonchev–Trinajstić information content (AvgIpc) is 2.89. The van der Waals surface area contributed by atoms with E-state index in [0.29, 0.717) is 25.3 Å². The van der Waals surface area contributed by atoms with E-state index in [4.69, 9.17) is 9.47 Å². The van der Waals surface area contributed by atoms with Crippen LogP contribution in [0, 0.1) is 5.92 Å². The Kier molecular flexibility index (Phi) is 13.8. The number of amides is 2. The van der Waals surface area contributed by atoms with Gasteiger partial charge >= 0.3 is 0 Å². The number of rotatable bonds is 10. The summed E-state index contributed by atoms with van der Waals surface area (Å²) in [5.74, 6) is -0.156. The number of nitrogens with one attached hydrogen (secondary N) is 1. The third-order valence-electron chi connectivity index (χ3n) is 7.23. The van der Waals surface area contributed by atoms with E-state index in [-0.39, 0.29) is 54.3 Å². The number of aliphatic hydroxyl groups excluding tert-OH is 1. The summed E-state index contributed by atoms with van der Waals surface area (Å²) in [6, 6.07) is 4.13. The highest BCUT2D eigenvalue weighted by Crippen LogP contribution is 2.28. The van der Waals surface area contributed by atoms with Crippen LogP contribution in [0.5, 0.6) is 5.75 Å². The minimum absolute atomic E-state index is 0.0459. The number of likely N-dealkylation sites (N-methyl/N-ethyl adjacent to an activating group) is 1. The van der Waals surface area contributed by atoms with Crippen LogP contribution in [0.15, 0.2) is 18.2 Å². The van der Waals surface area contributed by atoms with E-state index in [1.165, 1.54) is 6.07 Å². The van der Waals surface area contributed by atoms with Gasteiger partial charge in [0.05, 0.1) is 36.7 Å². The Morgan fingerprint density at radius 2 is 1.93 bits per heavy atom. The Balaban J connectivity index is 2.39. The van der Waals surface area contributed by atoms with Crippen LogP contribution in [-0.4, -0.2) is 119 Å². The number of ether oxygens (including phenoxy) is 2. The molecule has 2 N–H and O–H groups in total. The lowest BCUT2D eigenvalue weighted by Crippen LogP contribution is -2.48. The van der Waals surface area contributed by atoms with Gasteiger partial charge in [-0.1, -0.05) is 6.92 Å². The van der Waals surface area contributed by atoms with Crippen LogP contribution in [0.3, 0.4) is 0 Å². The van der Waals surface area contributed by atoms with Crippen molar-refractivity contribution in [3.63, 3.8) is 0 Å². The van der Waals surface area contributed by atoms with Gasteiger partial charge < -0.3 is 29.3 Å². The third kappa shape index (κ3) is 11.8. The molecule has 2 rings (SSSR count). The van der Waals surface area contributed by atoms with E-state index in [2.05, 4.69) is 4.72 Å². The number of nitrogens with zero attached hydrogens (tertiary/aromatic N) is 3. The van der Waals surface area contributed by atoms with Crippen molar-refractivity contribution in [2.24, 2.45) is 5.92 Å². The van der Waals surface area contributed by atoms with E-state index < -0.39 is 16.1 Å². The molecular weight excluding hydrogens is 548 g/mol. The predicted octanol–water partition coefficient (Wildman–Crippen LogP) is 2.65. The van der Waals surface area contributed by atoms with Gasteiger partial charge in [-0.05, 0) is 78.4 Å². The molecule has 1 aliphatic heterocycles. The van der Waals surface area contributed by atoms with Gasteiger partial charge in [0.25, 0.3) is 5.91 Å². The van der Waals surface area contributed by atoms with Crippen molar-refractivity contribution in [1.29, 1.82) is 0 Å². The number of hydrogen-bond donors (Lipinski definition) is 2. The Hall–Kier alpha value is -2.41. The first kappa shape index (κ1) is 34.8. The van der Waals surface area contributed by atoms with E-state index in [0.717, 1.165) is 38.5 Å². The van der Waals surface area contributed by atoms with Crippen LogP contribution in [-0.2, 0) is 19.6 Å². The summed E-state index contributed by atoms with van der Waals surface area (Å²) in [5, 5.41) is 10.1. The molecule has 4 atom stereocenters. The first-order chi connectivity index (χ1) is 19.2. The van der Waals surface area contributed by atoms with Crippen LogP contribution in [0.2, 0.25) is 0 Å². The maximum absolute atomic E-state index is 14.0. The number of carbonyl (C=O) groups excluding carboxylic acids is 2. The first-order valence-corrected chi connectivity index (χ1v) is 16.3. The quantitative estimate of drug-likeness (QED) is 0.421. The summed E-state index contributed by atoms with van der Waals surface area (Å²) in [7, 11) is 2.17. The van der Waals surface area contributed by atoms with Crippen LogP contribution >= 0.6 is 0 Å². The van der Waals surface area contributed by atoms with Gasteiger partial charge in [0.1, 0.15) is 5.75 Å². The lowest BCUT2D eigenvalue weighted by Gasteiger charge is -2.36. The fourth-order valence-electron chi connectivity index (χ4n) is 4.77. The zero-order valence-electron chi connectivity index (χ0n) is 25.8. The molecule has 234 valence electrons. The summed E-state index contributed by atoms with van der Waals surface area (Å²) in [6.07, 6.45) is 4.15. The number of anilines is 1. The highest BCUT2D eigenvalue weighted by atomic mass is 32.2. The van der Waals surface area contributed by atoms with Gasteiger partial charge in [0, 0.05) is 44.8 Å². The first-order valence-electron chi connectivity index (χ1n) is 14.4. The fourth-order valence-corrected chi connectivity index (χ4v) is 5.33. The molecule has 0 radical (unpaired) electrons. The molecule has 0 fully saturated rings. The van der Waals surface area contributed by atoms with Gasteiger partial charge in [0.2, 0.25) is 15.9 Å². The largest absolute Gasteiger partial charge is 0.490 e. The van der Waals surface area contributed by atoms with E-state index in [1.807, 2.05) is 32.8 Å². The third-order valence-corrected chi connectivity index (χ3v) is 7.84. The molecule has 1 aromatic rings. The maximum Gasteiger partial charge on any atom is 0.258 e. The van der Waals surface area contributed by atoms with E-state index >= 15 is 0 Å². The second-order valence-corrected chi connectivity index (χ2v) is 13.3. The number of fused-ring (bicyclic) bond motifs is 1. The Labute approximate surface area is 246 Å². The van der Waals surface area contributed by atoms with Crippen LogP contribution in [0.1, 0.15) is 63.2 Å². The summed E-state index contributed by atoms with van der Waals surface area (Å²) in [4.78, 5) is 32.2. The van der Waals surface area contributed by atoms with Gasteiger partial charge in [-0.15, -0.1) is 0 Å². The van der Waals surface area contributed by atoms with Gasteiger partial charge in [-0.25, -0.2) is 8.42 Å². The second-order valence-electron chi connectivity index (χ2n) is 11.6. The fraction of sp³-hybridized carbons (Fsp3) is 0.724. The van der Waals surface area contributed by atoms with Crippen molar-refractivity contribution in [3.05, 3.63) is 23.8 Å². The zero-order chi connectivity index (χ0) is 30.7. The number of benzene rings is 1. The molecule has 0 unspecified atom stereocenters. The molecule has 0 spiro atoms. The molecule has 0 saturated carbocycles. The van der Waals surface area contributed by atoms with Gasteiger partial charge in [-0.3, -0.25) is 14.3 Å². The van der Waals surface area contributed by atoms with Crippen molar-refractivity contribution < 1.29 is 32.6 Å². The number of aliphatic hydroxyl groups is 1. The molecule has 41 heavy (non-hydrogen) atoms. The van der Waals surface area contributed by atoms with Gasteiger partial charge in [0.15, 0.2) is 0 Å². The van der Waals surface area contributed by atoms with Crippen molar-refractivity contribution in [1.82, 2.24) is 14.7 Å². The molecule has 1 heterocycles. The Bertz CT molecular complexity index is 1100. The molecule has 12 heteroatoms. The Morgan fingerprint density at radius 1 is 1.22 bits per heavy atom. The molecule has 1 aromatic carbocycles. The smallest absolute Gasteiger partial charge is 0.258 e. The summed E-state index contributed by atoms with van der Waals surface area (Å²) in [5.41, 5.74) is 0.456. The van der Waals surface area contributed by atoms with Crippen molar-refractivity contribution in [2.75, 3.05) is 65.0 Å². The van der Waals surface area contributed by atoms with Crippen LogP contribution in [0.25, 0.3) is 0 Å². The topological polar surface area (TPSA) is 129 Å². The lowest BCUT2D eigenvalue weighted by atomic mass is 10.0. The standard InChI is InChI=1S/C29H50N4O7S/c1-21-18-33(22(2)20-34)29(36)25-17-24(30-41(7,37)38)13-14-26(25)40-23(3)11-8-9-16-39-27(21)19-32(6)28(35)12-10-15-31(4)5/h13-14,17,21-23,27,30,34H,8-12,15-16,18-20H2,1-7H3/t21-,22+,23-,27-/m0/s1. The highest BCUT2D eigenvalue weighted by Gasteiger charge is 2.31. The minimum atomic E-state index is -3.57. The number of sulfonamides is 1. The minimum Gasteiger partial charge on any atom is -0.490 e. The molecule has 0 saturated heterocycles. The monoisotopic (exact) mass is 598 g/mol. The van der Waals surface area contributed by atoms with Crippen LogP contribution < -0.4 is 9.46 Å². The molecule has 1 aliphatic rings. The number of carbonyl (C=O) groups is 2. The molecule has 2 amide bonds. The van der Waals surface area contributed by atoms with E-state index in [1.54, 1.807) is 35.9 Å². The highest BCUT2D eigenvalue weighted by molar-refractivity contribution is 7.92. The SMILES string of the molecule is C[C@H](CO)N1C[C@H](C)[C@H](CN(C)C(=O)CCCN(C)C)OCCCC[C@H](C)Oc2ccc(NS(C)(=O)=O)cc2C1=O. The predicted molar refractivity (Wildman–Crippen MR) is 161 cm³/mol. The number of hydrogen-bond acceptors (Lipinski definition) is 8. The van der Waals surface area contributed by atoms with E-state index in [9.17, 15) is 23.1 Å². The normalized spacial score (nSPS) is 21.9. The van der Waals surface area contributed by atoms with Crippen molar-refractivity contribution >= 4 is 27.5 Å². The van der Waals surface area contributed by atoms with Crippen molar-refractivity contribution in [2.45, 2.75) is 71.1 Å². The summed E-state index contributed by atoms with van der Waals surface area (Å²) >= 11 is 0. The Morgan fingerprint density at radius 3 is 2.56 bits per heavy atom.